The third kappa shape index (κ3) is 3.26. The molecule has 5 nitrogen and oxygen atoms in total. The van der Waals surface area contributed by atoms with Crippen LogP contribution in [0, 0.1) is 6.92 Å². The van der Waals surface area contributed by atoms with Gasteiger partial charge in [0.15, 0.2) is 0 Å². The molecule has 0 amide bonds. The van der Waals surface area contributed by atoms with Gasteiger partial charge >= 0.3 is 0 Å². The van der Waals surface area contributed by atoms with E-state index < -0.39 is 0 Å². The molecule has 1 fully saturated rings. The molecule has 0 bridgehead atoms. The molecule has 1 saturated heterocycles. The van der Waals surface area contributed by atoms with E-state index in [0.717, 1.165) is 23.7 Å². The molecule has 112 valence electrons. The molecule has 0 saturated carbocycles. The van der Waals surface area contributed by atoms with Crippen LogP contribution in [0.3, 0.4) is 0 Å². The van der Waals surface area contributed by atoms with E-state index in [1.807, 2.05) is 24.3 Å². The maximum Gasteiger partial charge on any atom is 0.233 e. The zero-order valence-electron chi connectivity index (χ0n) is 12.1. The maximum atomic E-state index is 5.93. The third-order valence-electron chi connectivity index (χ3n) is 3.79. The van der Waals surface area contributed by atoms with Gasteiger partial charge in [-0.15, -0.1) is 10.2 Å². The first kappa shape index (κ1) is 14.5. The van der Waals surface area contributed by atoms with E-state index >= 15 is 0 Å². The van der Waals surface area contributed by atoms with Crippen molar-refractivity contribution in [3.8, 4) is 0 Å². The van der Waals surface area contributed by atoms with Gasteiger partial charge in [-0.05, 0) is 24.6 Å². The number of hydrogen-bond acceptors (Lipinski definition) is 5. The highest BCUT2D eigenvalue weighted by Gasteiger charge is 2.28. The molecule has 1 aliphatic rings. The van der Waals surface area contributed by atoms with Crippen molar-refractivity contribution in [1.82, 2.24) is 15.1 Å². The van der Waals surface area contributed by atoms with E-state index in [1.165, 1.54) is 0 Å². The fourth-order valence-electron chi connectivity index (χ4n) is 2.54. The first-order valence-corrected chi connectivity index (χ1v) is 7.42. The van der Waals surface area contributed by atoms with Crippen molar-refractivity contribution in [3.05, 3.63) is 46.6 Å². The van der Waals surface area contributed by atoms with E-state index in [2.05, 4.69) is 22.0 Å². The van der Waals surface area contributed by atoms with Gasteiger partial charge in [-0.2, -0.15) is 0 Å². The number of rotatable bonds is 3. The minimum atomic E-state index is 0.0440. The molecule has 0 spiro atoms. The highest BCUT2D eigenvalue weighted by Crippen LogP contribution is 2.28. The lowest BCUT2D eigenvalue weighted by Crippen LogP contribution is -2.40. The SMILES string of the molecule is Cc1nnc([C@@H](C)N2CCO[C@H](c3ccc(Cl)cc3)C2)o1. The predicted octanol–water partition coefficient (Wildman–Crippen LogP) is 3.17. The smallest absolute Gasteiger partial charge is 0.233 e. The number of aryl methyl sites for hydroxylation is 1. The Labute approximate surface area is 128 Å². The molecule has 3 rings (SSSR count). The monoisotopic (exact) mass is 307 g/mol. The van der Waals surface area contributed by atoms with E-state index in [1.54, 1.807) is 6.92 Å². The van der Waals surface area contributed by atoms with Crippen molar-refractivity contribution < 1.29 is 9.15 Å². The fraction of sp³-hybridized carbons (Fsp3) is 0.467. The lowest BCUT2D eigenvalue weighted by Gasteiger charge is -2.35. The van der Waals surface area contributed by atoms with Crippen LogP contribution in [0.15, 0.2) is 28.7 Å². The van der Waals surface area contributed by atoms with Gasteiger partial charge < -0.3 is 9.15 Å². The summed E-state index contributed by atoms with van der Waals surface area (Å²) in [7, 11) is 0. The van der Waals surface area contributed by atoms with E-state index in [0.29, 0.717) is 18.4 Å². The standard InChI is InChI=1S/C15H18ClN3O2/c1-10(15-18-17-11(2)21-15)19-7-8-20-14(9-19)12-3-5-13(16)6-4-12/h3-6,10,14H,7-9H2,1-2H3/t10-,14+/m1/s1. The number of hydrogen-bond donors (Lipinski definition) is 0. The van der Waals surface area contributed by atoms with E-state index in [4.69, 9.17) is 20.8 Å². The van der Waals surface area contributed by atoms with Gasteiger partial charge in [0.1, 0.15) is 0 Å². The summed E-state index contributed by atoms with van der Waals surface area (Å²) >= 11 is 5.93. The third-order valence-corrected chi connectivity index (χ3v) is 4.04. The van der Waals surface area contributed by atoms with Gasteiger partial charge in [-0.25, -0.2) is 0 Å². The summed E-state index contributed by atoms with van der Waals surface area (Å²) in [6.07, 6.45) is 0.0440. The highest BCUT2D eigenvalue weighted by atomic mass is 35.5. The van der Waals surface area contributed by atoms with Crippen LogP contribution in [0.4, 0.5) is 0 Å². The van der Waals surface area contributed by atoms with Crippen molar-refractivity contribution in [2.75, 3.05) is 19.7 Å². The largest absolute Gasteiger partial charge is 0.424 e. The van der Waals surface area contributed by atoms with Crippen LogP contribution < -0.4 is 0 Å². The molecule has 0 radical (unpaired) electrons. The Bertz CT molecular complexity index is 599. The minimum absolute atomic E-state index is 0.0440. The Morgan fingerprint density at radius 1 is 1.29 bits per heavy atom. The number of ether oxygens (including phenoxy) is 1. The summed E-state index contributed by atoms with van der Waals surface area (Å²) in [5.41, 5.74) is 1.14. The number of halogens is 1. The van der Waals surface area contributed by atoms with Gasteiger partial charge in [0.25, 0.3) is 0 Å². The molecule has 2 aromatic rings. The van der Waals surface area contributed by atoms with E-state index in [-0.39, 0.29) is 12.1 Å². The summed E-state index contributed by atoms with van der Waals surface area (Å²) in [4.78, 5) is 2.30. The Balaban J connectivity index is 1.72. The fourth-order valence-corrected chi connectivity index (χ4v) is 2.66. The molecule has 6 heteroatoms. The topological polar surface area (TPSA) is 51.4 Å². The number of nitrogens with zero attached hydrogens (tertiary/aromatic N) is 3. The quantitative estimate of drug-likeness (QED) is 0.872. The summed E-state index contributed by atoms with van der Waals surface area (Å²) < 4.78 is 11.4. The first-order chi connectivity index (χ1) is 10.1. The van der Waals surface area contributed by atoms with Crippen molar-refractivity contribution >= 4 is 11.6 Å². The molecule has 2 heterocycles. The number of benzene rings is 1. The van der Waals surface area contributed by atoms with Crippen molar-refractivity contribution in [2.45, 2.75) is 26.0 Å². The average Bonchev–Trinajstić information content (AvgIpc) is 2.94. The second-order valence-corrected chi connectivity index (χ2v) is 5.68. The van der Waals surface area contributed by atoms with Gasteiger partial charge in [0.2, 0.25) is 11.8 Å². The molecule has 0 aliphatic carbocycles. The van der Waals surface area contributed by atoms with Gasteiger partial charge in [-0.3, -0.25) is 4.90 Å². The lowest BCUT2D eigenvalue weighted by atomic mass is 10.1. The molecule has 1 aromatic heterocycles. The molecular formula is C15H18ClN3O2. The summed E-state index contributed by atoms with van der Waals surface area (Å²) in [6, 6.07) is 7.90. The van der Waals surface area contributed by atoms with Crippen LogP contribution in [-0.2, 0) is 4.74 Å². The van der Waals surface area contributed by atoms with Gasteiger partial charge in [0.05, 0.1) is 18.8 Å². The number of aromatic nitrogens is 2. The minimum Gasteiger partial charge on any atom is -0.424 e. The molecule has 1 aromatic carbocycles. The Morgan fingerprint density at radius 3 is 2.71 bits per heavy atom. The van der Waals surface area contributed by atoms with Crippen LogP contribution in [0.5, 0.6) is 0 Å². The molecule has 21 heavy (non-hydrogen) atoms. The summed E-state index contributed by atoms with van der Waals surface area (Å²) in [6.45, 7) is 6.22. The average molecular weight is 308 g/mol. The Morgan fingerprint density at radius 2 is 2.05 bits per heavy atom. The summed E-state index contributed by atoms with van der Waals surface area (Å²) in [5, 5.41) is 8.75. The van der Waals surface area contributed by atoms with Gasteiger partial charge in [-0.1, -0.05) is 23.7 Å². The molecule has 0 N–H and O–H groups in total. The highest BCUT2D eigenvalue weighted by molar-refractivity contribution is 6.30. The van der Waals surface area contributed by atoms with Crippen LogP contribution in [0.1, 0.15) is 36.4 Å². The number of morpholine rings is 1. The van der Waals surface area contributed by atoms with Crippen molar-refractivity contribution in [3.63, 3.8) is 0 Å². The maximum absolute atomic E-state index is 5.93. The van der Waals surface area contributed by atoms with Crippen molar-refractivity contribution in [1.29, 1.82) is 0 Å². The predicted molar refractivity (Wildman–Crippen MR) is 79.2 cm³/mol. The van der Waals surface area contributed by atoms with E-state index in [9.17, 15) is 0 Å². The normalized spacial score (nSPS) is 21.4. The van der Waals surface area contributed by atoms with Crippen LogP contribution in [0.25, 0.3) is 0 Å². The van der Waals surface area contributed by atoms with Crippen LogP contribution in [-0.4, -0.2) is 34.8 Å². The first-order valence-electron chi connectivity index (χ1n) is 7.04. The second-order valence-electron chi connectivity index (χ2n) is 5.24. The lowest BCUT2D eigenvalue weighted by molar-refractivity contribution is -0.0464. The second kappa shape index (κ2) is 6.13. The molecule has 0 unspecified atom stereocenters. The van der Waals surface area contributed by atoms with Gasteiger partial charge in [0, 0.05) is 25.0 Å². The molecule has 2 atom stereocenters. The molecule has 1 aliphatic heterocycles. The van der Waals surface area contributed by atoms with Crippen LogP contribution >= 0.6 is 11.6 Å². The zero-order valence-corrected chi connectivity index (χ0v) is 12.9. The molecular weight excluding hydrogens is 290 g/mol. The summed E-state index contributed by atoms with van der Waals surface area (Å²) in [5.74, 6) is 1.25. The van der Waals surface area contributed by atoms with Crippen molar-refractivity contribution in [2.24, 2.45) is 0 Å². The Kier molecular flexibility index (Phi) is 4.24. The van der Waals surface area contributed by atoms with Crippen LogP contribution in [0.2, 0.25) is 5.02 Å². The zero-order chi connectivity index (χ0) is 14.8. The Hall–Kier alpha value is -1.43.